The lowest BCUT2D eigenvalue weighted by atomic mass is 10.0. The van der Waals surface area contributed by atoms with Gasteiger partial charge in [0.2, 0.25) is 0 Å². The van der Waals surface area contributed by atoms with E-state index in [4.69, 9.17) is 0 Å². The Labute approximate surface area is 230 Å². The lowest BCUT2D eigenvalue weighted by molar-refractivity contribution is -0.124. The molecule has 0 radical (unpaired) electrons. The SMILES string of the molecule is CC(C)C[C@@H]1NC(=O)c2cccc(n2)C(=O)N[C@@H](CC(C)C)C(=O)NNC(=O)c2cccc(n2)C(=O)NNC1=O. The van der Waals surface area contributed by atoms with Gasteiger partial charge in [-0.15, -0.1) is 0 Å². The van der Waals surface area contributed by atoms with Crippen LogP contribution in [-0.2, 0) is 9.59 Å². The molecule has 2 atom stereocenters. The number of nitrogens with zero attached hydrogens (tertiary/aromatic N) is 2. The highest BCUT2D eigenvalue weighted by atomic mass is 16.2. The molecule has 6 N–H and O–H groups in total. The van der Waals surface area contributed by atoms with E-state index in [0.717, 1.165) is 0 Å². The fourth-order valence-electron chi connectivity index (χ4n) is 3.78. The van der Waals surface area contributed by atoms with Gasteiger partial charge in [-0.05, 0) is 48.9 Å². The molecule has 14 nitrogen and oxygen atoms in total. The Morgan fingerprint density at radius 2 is 0.875 bits per heavy atom. The average molecular weight is 553 g/mol. The van der Waals surface area contributed by atoms with Crippen LogP contribution in [0, 0.1) is 11.8 Å². The van der Waals surface area contributed by atoms with Crippen molar-refractivity contribution in [1.29, 1.82) is 0 Å². The van der Waals surface area contributed by atoms with Crippen LogP contribution < -0.4 is 32.3 Å². The van der Waals surface area contributed by atoms with Crippen LogP contribution in [0.3, 0.4) is 0 Å². The first-order valence-corrected chi connectivity index (χ1v) is 12.7. The van der Waals surface area contributed by atoms with Crippen molar-refractivity contribution in [2.24, 2.45) is 11.8 Å². The minimum absolute atomic E-state index is 0.0109. The molecule has 3 rings (SSSR count). The Kier molecular flexibility index (Phi) is 9.84. The molecule has 0 aromatic carbocycles. The monoisotopic (exact) mass is 552 g/mol. The van der Waals surface area contributed by atoms with E-state index in [0.29, 0.717) is 0 Å². The van der Waals surface area contributed by atoms with E-state index in [2.05, 4.69) is 42.3 Å². The van der Waals surface area contributed by atoms with E-state index in [1.165, 1.54) is 36.4 Å². The van der Waals surface area contributed by atoms with Crippen LogP contribution in [0.15, 0.2) is 36.4 Å². The van der Waals surface area contributed by atoms with Crippen LogP contribution >= 0.6 is 0 Å². The van der Waals surface area contributed by atoms with Crippen LogP contribution in [0.2, 0.25) is 0 Å². The summed E-state index contributed by atoms with van der Waals surface area (Å²) < 4.78 is 0. The number of carbonyl (C=O) groups excluding carboxylic acids is 6. The van der Waals surface area contributed by atoms with E-state index in [-0.39, 0.29) is 47.5 Å². The van der Waals surface area contributed by atoms with Crippen molar-refractivity contribution in [3.05, 3.63) is 59.2 Å². The lowest BCUT2D eigenvalue weighted by Gasteiger charge is -2.21. The first kappa shape index (κ1) is 29.7. The summed E-state index contributed by atoms with van der Waals surface area (Å²) in [4.78, 5) is 85.0. The molecule has 2 aromatic rings. The largest absolute Gasteiger partial charge is 0.339 e. The normalized spacial score (nSPS) is 19.1. The zero-order chi connectivity index (χ0) is 29.4. The van der Waals surface area contributed by atoms with Gasteiger partial charge < -0.3 is 10.6 Å². The molecule has 0 saturated heterocycles. The van der Waals surface area contributed by atoms with Crippen molar-refractivity contribution in [3.8, 4) is 0 Å². The third-order valence-corrected chi connectivity index (χ3v) is 5.69. The Hall–Kier alpha value is -4.88. The third kappa shape index (κ3) is 8.06. The first-order chi connectivity index (χ1) is 18.9. The summed E-state index contributed by atoms with van der Waals surface area (Å²) in [5, 5.41) is 5.17. The number of fused-ring (bicyclic) bond motifs is 4. The molecule has 40 heavy (non-hydrogen) atoms. The molecule has 2 aromatic heterocycles. The Morgan fingerprint density at radius 3 is 1.20 bits per heavy atom. The Balaban J connectivity index is 1.97. The van der Waals surface area contributed by atoms with Crippen LogP contribution in [0.5, 0.6) is 0 Å². The molecule has 1 aliphatic heterocycles. The average Bonchev–Trinajstić information content (AvgIpc) is 2.92. The molecule has 0 spiro atoms. The van der Waals surface area contributed by atoms with Crippen LogP contribution in [0.1, 0.15) is 82.5 Å². The van der Waals surface area contributed by atoms with Gasteiger partial charge in [-0.1, -0.05) is 39.8 Å². The Bertz CT molecular complexity index is 1220. The molecule has 1 aliphatic rings. The number of hydrogen-bond acceptors (Lipinski definition) is 8. The van der Waals surface area contributed by atoms with Crippen LogP contribution in [0.25, 0.3) is 0 Å². The maximum Gasteiger partial charge on any atom is 0.288 e. The molecule has 0 aliphatic carbocycles. The highest BCUT2D eigenvalue weighted by molar-refractivity contribution is 6.01. The minimum Gasteiger partial charge on any atom is -0.339 e. The summed E-state index contributed by atoms with van der Waals surface area (Å²) in [5.41, 5.74) is 8.30. The van der Waals surface area contributed by atoms with Crippen molar-refractivity contribution in [3.63, 3.8) is 0 Å². The van der Waals surface area contributed by atoms with Gasteiger partial charge in [0.25, 0.3) is 35.4 Å². The molecule has 4 bridgehead atoms. The Morgan fingerprint density at radius 1 is 0.550 bits per heavy atom. The second kappa shape index (κ2) is 13.3. The number of pyridine rings is 2. The minimum atomic E-state index is -1.05. The summed E-state index contributed by atoms with van der Waals surface area (Å²) >= 11 is 0. The molecule has 14 heteroatoms. The van der Waals surface area contributed by atoms with E-state index in [9.17, 15) is 28.8 Å². The fourth-order valence-corrected chi connectivity index (χ4v) is 3.78. The molecule has 0 saturated carbocycles. The predicted octanol–water partition coefficient (Wildman–Crippen LogP) is 0.00140. The second-order valence-electron chi connectivity index (χ2n) is 10.0. The molecule has 6 amide bonds. The predicted molar refractivity (Wildman–Crippen MR) is 141 cm³/mol. The first-order valence-electron chi connectivity index (χ1n) is 12.7. The highest BCUT2D eigenvalue weighted by Gasteiger charge is 2.27. The van der Waals surface area contributed by atoms with Gasteiger partial charge in [-0.3, -0.25) is 50.5 Å². The van der Waals surface area contributed by atoms with E-state index in [1.807, 2.05) is 27.7 Å². The van der Waals surface area contributed by atoms with Crippen LogP contribution in [-0.4, -0.2) is 57.5 Å². The van der Waals surface area contributed by atoms with E-state index >= 15 is 0 Å². The van der Waals surface area contributed by atoms with Gasteiger partial charge in [0, 0.05) is 0 Å². The molecule has 212 valence electrons. The summed E-state index contributed by atoms with van der Waals surface area (Å²) in [6, 6.07) is 6.12. The maximum absolute atomic E-state index is 13.0. The fraction of sp³-hybridized carbons (Fsp3) is 0.385. The maximum atomic E-state index is 13.0. The smallest absolute Gasteiger partial charge is 0.288 e. The van der Waals surface area contributed by atoms with Gasteiger partial charge >= 0.3 is 0 Å². The van der Waals surface area contributed by atoms with Crippen molar-refractivity contribution >= 4 is 35.4 Å². The zero-order valence-corrected chi connectivity index (χ0v) is 22.5. The zero-order valence-electron chi connectivity index (χ0n) is 22.5. The van der Waals surface area contributed by atoms with Crippen molar-refractivity contribution in [1.82, 2.24) is 42.3 Å². The number of rotatable bonds is 4. The van der Waals surface area contributed by atoms with Crippen molar-refractivity contribution < 1.29 is 28.8 Å². The van der Waals surface area contributed by atoms with Crippen molar-refractivity contribution in [2.75, 3.05) is 0 Å². The molecule has 0 unspecified atom stereocenters. The number of nitrogens with one attached hydrogen (secondary N) is 6. The van der Waals surface area contributed by atoms with Gasteiger partial charge in [-0.25, -0.2) is 9.97 Å². The standard InChI is InChI=1S/C26H32N8O6/c1-13(2)11-19-25(39)33-31-23(37)17-9-6-10-18(28-17)24(38)32-34-26(40)20(12-14(3)4)30-22(36)16-8-5-7-15(27-16)21(35)29-19/h5-10,13-14,19-20H,11-12H2,1-4H3,(H,29,35)(H,30,36)(H,31,37)(H,32,38)(H,33,39)(H,34,40)/t19-,20-/m0/s1. The molecular weight excluding hydrogens is 520 g/mol. The van der Waals surface area contributed by atoms with Crippen LogP contribution in [0.4, 0.5) is 0 Å². The van der Waals surface area contributed by atoms with Gasteiger partial charge in [0.1, 0.15) is 34.9 Å². The van der Waals surface area contributed by atoms with Gasteiger partial charge in [-0.2, -0.15) is 0 Å². The van der Waals surface area contributed by atoms with E-state index in [1.54, 1.807) is 0 Å². The molecular formula is C26H32N8O6. The number of carbonyl (C=O) groups is 6. The topological polar surface area (TPSA) is 200 Å². The van der Waals surface area contributed by atoms with E-state index < -0.39 is 47.5 Å². The summed E-state index contributed by atoms with van der Waals surface area (Å²) in [5.74, 6) is -4.49. The summed E-state index contributed by atoms with van der Waals surface area (Å²) in [6.07, 6.45) is 0.459. The molecule has 3 heterocycles. The second-order valence-corrected chi connectivity index (χ2v) is 10.0. The molecule has 0 fully saturated rings. The number of aromatic nitrogens is 2. The van der Waals surface area contributed by atoms with Gasteiger partial charge in [0.15, 0.2) is 0 Å². The highest BCUT2D eigenvalue weighted by Crippen LogP contribution is 2.09. The lowest BCUT2D eigenvalue weighted by Crippen LogP contribution is -2.53. The number of amides is 6. The number of hydrazine groups is 2. The van der Waals surface area contributed by atoms with Crippen molar-refractivity contribution in [2.45, 2.75) is 52.6 Å². The quantitative estimate of drug-likeness (QED) is 0.304. The number of hydrogen-bond donors (Lipinski definition) is 6. The summed E-state index contributed by atoms with van der Waals surface area (Å²) in [7, 11) is 0. The summed E-state index contributed by atoms with van der Waals surface area (Å²) in [6.45, 7) is 7.40. The van der Waals surface area contributed by atoms with Gasteiger partial charge in [0.05, 0.1) is 0 Å². The third-order valence-electron chi connectivity index (χ3n) is 5.69.